The smallest absolute Gasteiger partial charge is 0.325 e. The number of anilines is 2. The average Bonchev–Trinajstić information content (AvgIpc) is 2.50. The summed E-state index contributed by atoms with van der Waals surface area (Å²) in [6, 6.07) is 5.34. The van der Waals surface area contributed by atoms with Crippen molar-refractivity contribution in [2.75, 3.05) is 22.7 Å². The molecule has 1 aromatic carbocycles. The Morgan fingerprint density at radius 1 is 1.17 bits per heavy atom. The molecule has 8 nitrogen and oxygen atoms in total. The Morgan fingerprint density at radius 3 is 2.38 bits per heavy atom. The highest BCUT2D eigenvalue weighted by atomic mass is 32.2. The summed E-state index contributed by atoms with van der Waals surface area (Å²) in [6.07, 6.45) is 0.878. The maximum Gasteiger partial charge on any atom is 0.325 e. The predicted octanol–water partition coefficient (Wildman–Crippen LogP) is 1.02. The Bertz CT molecular complexity index is 942. The quantitative estimate of drug-likeness (QED) is 0.718. The highest BCUT2D eigenvalue weighted by Crippen LogP contribution is 2.24. The molecule has 1 heterocycles. The molecular weight excluding hydrogens is 332 g/mol. The highest BCUT2D eigenvalue weighted by molar-refractivity contribution is 7.92. The molecule has 2 rings (SSSR count). The normalized spacial score (nSPS) is 11.3. The summed E-state index contributed by atoms with van der Waals surface area (Å²) in [5.74, 6) is 0. The summed E-state index contributed by atoms with van der Waals surface area (Å²) in [6.45, 7) is 7.54. The van der Waals surface area contributed by atoms with Crippen molar-refractivity contribution in [3.8, 4) is 0 Å². The van der Waals surface area contributed by atoms with E-state index in [2.05, 4.69) is 14.6 Å². The Morgan fingerprint density at radius 2 is 1.83 bits per heavy atom. The van der Waals surface area contributed by atoms with E-state index < -0.39 is 26.2 Å². The van der Waals surface area contributed by atoms with E-state index >= 15 is 0 Å². The van der Waals surface area contributed by atoms with Crippen LogP contribution in [0.25, 0.3) is 0 Å². The van der Waals surface area contributed by atoms with Gasteiger partial charge in [0.15, 0.2) is 4.90 Å². The van der Waals surface area contributed by atoms with E-state index in [1.54, 1.807) is 13.0 Å². The summed E-state index contributed by atoms with van der Waals surface area (Å²) in [7, 11) is -4.10. The van der Waals surface area contributed by atoms with Crippen LogP contribution < -0.4 is 20.9 Å². The first-order chi connectivity index (χ1) is 11.3. The molecule has 0 saturated heterocycles. The second kappa shape index (κ2) is 6.91. The van der Waals surface area contributed by atoms with Gasteiger partial charge in [0, 0.05) is 25.0 Å². The lowest BCUT2D eigenvalue weighted by molar-refractivity contribution is 0.599. The SMILES string of the molecule is CCN(CC)c1ccc(NS(=O)(=O)c2c[nH]c(=O)[nH]c2=O)c(C)c1. The molecule has 24 heavy (non-hydrogen) atoms. The Labute approximate surface area is 139 Å². The van der Waals surface area contributed by atoms with Gasteiger partial charge in [-0.1, -0.05) is 0 Å². The highest BCUT2D eigenvalue weighted by Gasteiger charge is 2.20. The first-order valence-corrected chi connectivity index (χ1v) is 8.97. The van der Waals surface area contributed by atoms with Crippen molar-refractivity contribution in [2.24, 2.45) is 0 Å². The molecule has 0 aliphatic carbocycles. The molecule has 0 saturated carbocycles. The van der Waals surface area contributed by atoms with Gasteiger partial charge in [0.25, 0.3) is 15.6 Å². The van der Waals surface area contributed by atoms with E-state index in [1.165, 1.54) is 0 Å². The van der Waals surface area contributed by atoms with Crippen LogP contribution in [0.1, 0.15) is 19.4 Å². The van der Waals surface area contributed by atoms with Gasteiger partial charge in [-0.25, -0.2) is 13.2 Å². The number of sulfonamides is 1. The van der Waals surface area contributed by atoms with Crippen LogP contribution in [0, 0.1) is 6.92 Å². The van der Waals surface area contributed by atoms with Crippen molar-refractivity contribution < 1.29 is 8.42 Å². The molecular formula is C15H20N4O4S. The minimum absolute atomic E-state index is 0.372. The second-order valence-electron chi connectivity index (χ2n) is 5.21. The fourth-order valence-electron chi connectivity index (χ4n) is 2.34. The molecule has 0 amide bonds. The van der Waals surface area contributed by atoms with Crippen LogP contribution in [0.5, 0.6) is 0 Å². The van der Waals surface area contributed by atoms with Gasteiger partial charge in [0.05, 0.1) is 5.69 Å². The summed E-state index contributed by atoms with van der Waals surface area (Å²) in [5, 5.41) is 0. The van der Waals surface area contributed by atoms with Crippen LogP contribution in [0.4, 0.5) is 11.4 Å². The van der Waals surface area contributed by atoms with E-state index in [0.29, 0.717) is 5.69 Å². The lowest BCUT2D eigenvalue weighted by Gasteiger charge is -2.22. The summed E-state index contributed by atoms with van der Waals surface area (Å²) in [5.41, 5.74) is 0.352. The second-order valence-corrected chi connectivity index (χ2v) is 6.86. The van der Waals surface area contributed by atoms with Crippen LogP contribution >= 0.6 is 0 Å². The van der Waals surface area contributed by atoms with Gasteiger partial charge in [-0.05, 0) is 44.5 Å². The standard InChI is InChI=1S/C15H20N4O4S/c1-4-19(5-2)11-6-7-12(10(3)8-11)18-24(22,23)13-9-16-15(21)17-14(13)20/h6-9,18H,4-5H2,1-3H3,(H2,16,17,20,21). The number of hydrogen-bond donors (Lipinski definition) is 3. The predicted molar refractivity (Wildman–Crippen MR) is 93.2 cm³/mol. The Hall–Kier alpha value is -2.55. The zero-order valence-electron chi connectivity index (χ0n) is 13.7. The zero-order chi connectivity index (χ0) is 17.9. The van der Waals surface area contributed by atoms with Gasteiger partial charge in [0.2, 0.25) is 0 Å². The number of aromatic nitrogens is 2. The number of aromatic amines is 2. The Balaban J connectivity index is 2.36. The number of nitrogens with one attached hydrogen (secondary N) is 3. The summed E-state index contributed by atoms with van der Waals surface area (Å²) >= 11 is 0. The minimum atomic E-state index is -4.10. The molecule has 0 fully saturated rings. The fourth-order valence-corrected chi connectivity index (χ4v) is 3.48. The fraction of sp³-hybridized carbons (Fsp3) is 0.333. The van der Waals surface area contributed by atoms with Gasteiger partial charge in [-0.15, -0.1) is 0 Å². The van der Waals surface area contributed by atoms with Gasteiger partial charge in [-0.2, -0.15) is 0 Å². The van der Waals surface area contributed by atoms with Gasteiger partial charge in [0.1, 0.15) is 0 Å². The molecule has 3 N–H and O–H groups in total. The number of hydrogen-bond acceptors (Lipinski definition) is 5. The topological polar surface area (TPSA) is 115 Å². The van der Waals surface area contributed by atoms with Crippen molar-refractivity contribution in [1.29, 1.82) is 0 Å². The molecule has 0 aliphatic heterocycles. The van der Waals surface area contributed by atoms with Crippen molar-refractivity contribution in [3.63, 3.8) is 0 Å². The van der Waals surface area contributed by atoms with Crippen LogP contribution in [0.3, 0.4) is 0 Å². The van der Waals surface area contributed by atoms with E-state index in [-0.39, 0.29) is 0 Å². The third kappa shape index (κ3) is 3.67. The van der Waals surface area contributed by atoms with Crippen LogP contribution in [-0.4, -0.2) is 31.5 Å². The monoisotopic (exact) mass is 352 g/mol. The molecule has 0 atom stereocenters. The van der Waals surface area contributed by atoms with E-state index in [0.717, 1.165) is 30.5 Å². The Kier molecular flexibility index (Phi) is 5.13. The molecule has 0 bridgehead atoms. The van der Waals surface area contributed by atoms with Crippen molar-refractivity contribution in [2.45, 2.75) is 25.7 Å². The molecule has 0 radical (unpaired) electrons. The molecule has 0 spiro atoms. The van der Waals surface area contributed by atoms with E-state index in [1.807, 2.05) is 31.0 Å². The largest absolute Gasteiger partial charge is 0.372 e. The zero-order valence-corrected chi connectivity index (χ0v) is 14.5. The van der Waals surface area contributed by atoms with Crippen molar-refractivity contribution in [1.82, 2.24) is 9.97 Å². The number of H-pyrrole nitrogens is 2. The number of nitrogens with zero attached hydrogens (tertiary/aromatic N) is 1. The molecule has 1 aromatic heterocycles. The summed E-state index contributed by atoms with van der Waals surface area (Å²) < 4.78 is 27.1. The van der Waals surface area contributed by atoms with Crippen molar-refractivity contribution >= 4 is 21.4 Å². The van der Waals surface area contributed by atoms with E-state index in [4.69, 9.17) is 0 Å². The maximum absolute atomic E-state index is 12.4. The number of rotatable bonds is 6. The van der Waals surface area contributed by atoms with Gasteiger partial charge >= 0.3 is 5.69 Å². The van der Waals surface area contributed by atoms with Crippen molar-refractivity contribution in [3.05, 3.63) is 50.8 Å². The maximum atomic E-state index is 12.4. The number of aryl methyl sites for hydroxylation is 1. The van der Waals surface area contributed by atoms with Gasteiger partial charge in [-0.3, -0.25) is 14.5 Å². The van der Waals surface area contributed by atoms with E-state index in [9.17, 15) is 18.0 Å². The average molecular weight is 352 g/mol. The van der Waals surface area contributed by atoms with Crippen LogP contribution in [0.2, 0.25) is 0 Å². The van der Waals surface area contributed by atoms with Crippen LogP contribution in [-0.2, 0) is 10.0 Å². The minimum Gasteiger partial charge on any atom is -0.372 e. The number of benzene rings is 1. The molecule has 0 aliphatic rings. The third-order valence-corrected chi connectivity index (χ3v) is 5.03. The van der Waals surface area contributed by atoms with Gasteiger partial charge < -0.3 is 9.88 Å². The molecule has 0 unspecified atom stereocenters. The lowest BCUT2D eigenvalue weighted by atomic mass is 10.1. The third-order valence-electron chi connectivity index (χ3n) is 3.66. The lowest BCUT2D eigenvalue weighted by Crippen LogP contribution is -2.29. The first-order valence-electron chi connectivity index (χ1n) is 7.49. The molecule has 9 heteroatoms. The molecule has 2 aromatic rings. The summed E-state index contributed by atoms with van der Waals surface area (Å²) in [4.78, 5) is 28.3. The first kappa shape index (κ1) is 17.8. The molecule has 130 valence electrons. The van der Waals surface area contributed by atoms with Crippen LogP contribution in [0.15, 0.2) is 38.9 Å².